The fraction of sp³-hybridized carbons (Fsp3) is 0.350. The third-order valence-corrected chi connectivity index (χ3v) is 4.67. The largest absolute Gasteiger partial charge is 0.490 e. The van der Waals surface area contributed by atoms with E-state index in [-0.39, 0.29) is 24.7 Å². The summed E-state index contributed by atoms with van der Waals surface area (Å²) in [6.07, 6.45) is 3.90. The lowest BCUT2D eigenvalue weighted by Crippen LogP contribution is -2.34. The number of benzene rings is 2. The molecule has 1 aliphatic carbocycles. The van der Waals surface area contributed by atoms with Gasteiger partial charge in [0.25, 0.3) is 5.79 Å². The Morgan fingerprint density at radius 1 is 1.07 bits per heavy atom. The Labute approximate surface area is 155 Å². The van der Waals surface area contributed by atoms with Gasteiger partial charge in [-0.25, -0.2) is 8.78 Å². The standard InChI is InChI=1S/C20H19F2NO4/c21-13-3-5-16(15(22)11-13)25-10-7-19(24)23-14-4-6-17-18(12-14)27-20(26-17)8-1-2-9-20/h3-6,11-12H,1-2,7-10H2,(H,23,24). The summed E-state index contributed by atoms with van der Waals surface area (Å²) in [5.74, 6) is -1.09. The molecule has 4 rings (SSSR count). The maximum absolute atomic E-state index is 13.5. The Morgan fingerprint density at radius 2 is 1.85 bits per heavy atom. The van der Waals surface area contributed by atoms with Crippen LogP contribution in [0.4, 0.5) is 14.5 Å². The van der Waals surface area contributed by atoms with Gasteiger partial charge in [0.15, 0.2) is 23.1 Å². The van der Waals surface area contributed by atoms with Crippen molar-refractivity contribution in [2.45, 2.75) is 37.9 Å². The van der Waals surface area contributed by atoms with Crippen LogP contribution in [0.15, 0.2) is 36.4 Å². The molecular formula is C20H19F2NO4. The molecular weight excluding hydrogens is 356 g/mol. The van der Waals surface area contributed by atoms with E-state index in [0.29, 0.717) is 17.2 Å². The van der Waals surface area contributed by atoms with Crippen LogP contribution in [0.1, 0.15) is 32.1 Å². The van der Waals surface area contributed by atoms with Crippen LogP contribution >= 0.6 is 0 Å². The van der Waals surface area contributed by atoms with Crippen molar-refractivity contribution in [3.8, 4) is 17.2 Å². The van der Waals surface area contributed by atoms with Crippen molar-refractivity contribution in [1.29, 1.82) is 0 Å². The van der Waals surface area contributed by atoms with E-state index in [1.807, 2.05) is 0 Å². The number of hydrogen-bond donors (Lipinski definition) is 1. The average Bonchev–Trinajstić information content (AvgIpc) is 3.22. The highest BCUT2D eigenvalue weighted by Gasteiger charge is 2.44. The molecule has 0 aromatic heterocycles. The number of anilines is 1. The van der Waals surface area contributed by atoms with Crippen LogP contribution in [0, 0.1) is 11.6 Å². The second-order valence-corrected chi connectivity index (χ2v) is 6.70. The van der Waals surface area contributed by atoms with Crippen LogP contribution in [-0.2, 0) is 4.79 Å². The van der Waals surface area contributed by atoms with Crippen molar-refractivity contribution in [1.82, 2.24) is 0 Å². The van der Waals surface area contributed by atoms with Crippen LogP contribution < -0.4 is 19.5 Å². The van der Waals surface area contributed by atoms with E-state index in [9.17, 15) is 13.6 Å². The summed E-state index contributed by atoms with van der Waals surface area (Å²) in [6, 6.07) is 8.29. The number of fused-ring (bicyclic) bond motifs is 1. The van der Waals surface area contributed by atoms with Gasteiger partial charge in [0, 0.05) is 30.7 Å². The van der Waals surface area contributed by atoms with Gasteiger partial charge in [0.2, 0.25) is 5.91 Å². The molecule has 2 aromatic rings. The van der Waals surface area contributed by atoms with Crippen molar-refractivity contribution in [3.63, 3.8) is 0 Å². The molecule has 0 radical (unpaired) electrons. The predicted octanol–water partition coefficient (Wildman–Crippen LogP) is 4.41. The van der Waals surface area contributed by atoms with Gasteiger partial charge in [0.1, 0.15) is 5.82 Å². The van der Waals surface area contributed by atoms with Crippen molar-refractivity contribution in [2.24, 2.45) is 0 Å². The molecule has 1 aliphatic heterocycles. The van der Waals surface area contributed by atoms with Crippen molar-refractivity contribution in [2.75, 3.05) is 11.9 Å². The number of rotatable bonds is 5. The fourth-order valence-electron chi connectivity index (χ4n) is 3.36. The summed E-state index contributed by atoms with van der Waals surface area (Å²) < 4.78 is 43.4. The Morgan fingerprint density at radius 3 is 2.63 bits per heavy atom. The number of carbonyl (C=O) groups excluding carboxylic acids is 1. The van der Waals surface area contributed by atoms with Crippen molar-refractivity contribution >= 4 is 11.6 Å². The summed E-state index contributed by atoms with van der Waals surface area (Å²) in [4.78, 5) is 12.1. The molecule has 0 saturated heterocycles. The van der Waals surface area contributed by atoms with Gasteiger partial charge in [-0.3, -0.25) is 4.79 Å². The molecule has 2 aromatic carbocycles. The van der Waals surface area contributed by atoms with Gasteiger partial charge in [-0.2, -0.15) is 0 Å². The molecule has 1 heterocycles. The summed E-state index contributed by atoms with van der Waals surface area (Å²) in [7, 11) is 0. The molecule has 0 bridgehead atoms. The van der Waals surface area contributed by atoms with E-state index in [1.165, 1.54) is 6.07 Å². The molecule has 1 saturated carbocycles. The smallest absolute Gasteiger partial charge is 0.251 e. The quantitative estimate of drug-likeness (QED) is 0.841. The minimum absolute atomic E-state index is 0.0230. The maximum Gasteiger partial charge on any atom is 0.251 e. The predicted molar refractivity (Wildman–Crippen MR) is 94.0 cm³/mol. The molecule has 142 valence electrons. The van der Waals surface area contributed by atoms with Crippen LogP contribution in [0.3, 0.4) is 0 Å². The van der Waals surface area contributed by atoms with E-state index < -0.39 is 17.4 Å². The maximum atomic E-state index is 13.5. The van der Waals surface area contributed by atoms with E-state index in [2.05, 4.69) is 5.32 Å². The molecule has 1 N–H and O–H groups in total. The first-order valence-electron chi connectivity index (χ1n) is 8.93. The van der Waals surface area contributed by atoms with Gasteiger partial charge < -0.3 is 19.5 Å². The zero-order valence-electron chi connectivity index (χ0n) is 14.6. The summed E-state index contributed by atoms with van der Waals surface area (Å²) in [5.41, 5.74) is 0.588. The normalized spacial score (nSPS) is 16.5. The molecule has 1 amide bonds. The number of hydrogen-bond acceptors (Lipinski definition) is 4. The molecule has 27 heavy (non-hydrogen) atoms. The Bertz CT molecular complexity index is 865. The first-order valence-corrected chi connectivity index (χ1v) is 8.93. The Kier molecular flexibility index (Phi) is 4.59. The summed E-state index contributed by atoms with van der Waals surface area (Å²) >= 11 is 0. The number of amides is 1. The zero-order valence-corrected chi connectivity index (χ0v) is 14.6. The number of nitrogens with one attached hydrogen (secondary N) is 1. The first-order chi connectivity index (χ1) is 13.0. The second-order valence-electron chi connectivity index (χ2n) is 6.70. The zero-order chi connectivity index (χ0) is 18.9. The lowest BCUT2D eigenvalue weighted by molar-refractivity contribution is -0.116. The van der Waals surface area contributed by atoms with Gasteiger partial charge >= 0.3 is 0 Å². The molecule has 0 atom stereocenters. The molecule has 1 spiro atoms. The molecule has 1 fully saturated rings. The molecule has 2 aliphatic rings. The van der Waals surface area contributed by atoms with Crippen molar-refractivity contribution < 1.29 is 27.8 Å². The van der Waals surface area contributed by atoms with E-state index in [1.54, 1.807) is 18.2 Å². The average molecular weight is 375 g/mol. The summed E-state index contributed by atoms with van der Waals surface area (Å²) in [5, 5.41) is 2.75. The Hall–Kier alpha value is -2.83. The minimum Gasteiger partial charge on any atom is -0.490 e. The first kappa shape index (κ1) is 17.6. The van der Waals surface area contributed by atoms with E-state index >= 15 is 0 Å². The topological polar surface area (TPSA) is 56.8 Å². The highest BCUT2D eigenvalue weighted by molar-refractivity contribution is 5.91. The van der Waals surface area contributed by atoms with Gasteiger partial charge in [0.05, 0.1) is 13.0 Å². The highest BCUT2D eigenvalue weighted by atomic mass is 19.1. The number of halogens is 2. The third kappa shape index (κ3) is 3.82. The van der Waals surface area contributed by atoms with Crippen molar-refractivity contribution in [3.05, 3.63) is 48.0 Å². The fourth-order valence-corrected chi connectivity index (χ4v) is 3.36. The lowest BCUT2D eigenvalue weighted by Gasteiger charge is -2.21. The highest BCUT2D eigenvalue weighted by Crippen LogP contribution is 2.47. The minimum atomic E-state index is -0.799. The Balaban J connectivity index is 1.30. The summed E-state index contributed by atoms with van der Waals surface area (Å²) in [6.45, 7) is -0.0257. The monoisotopic (exact) mass is 375 g/mol. The SMILES string of the molecule is O=C(CCOc1ccc(F)cc1F)Nc1ccc2c(c1)OC1(CCCC1)O2. The number of ether oxygens (including phenoxy) is 3. The van der Waals surface area contributed by atoms with Crippen LogP contribution in [-0.4, -0.2) is 18.3 Å². The van der Waals surface area contributed by atoms with Gasteiger partial charge in [-0.15, -0.1) is 0 Å². The number of carbonyl (C=O) groups is 1. The molecule has 0 unspecified atom stereocenters. The van der Waals surface area contributed by atoms with E-state index in [4.69, 9.17) is 14.2 Å². The third-order valence-electron chi connectivity index (χ3n) is 4.67. The van der Waals surface area contributed by atoms with Crippen LogP contribution in [0.5, 0.6) is 17.2 Å². The van der Waals surface area contributed by atoms with Crippen LogP contribution in [0.2, 0.25) is 0 Å². The molecule has 7 heteroatoms. The second kappa shape index (κ2) is 7.06. The lowest BCUT2D eigenvalue weighted by atomic mass is 10.2. The molecule has 5 nitrogen and oxygen atoms in total. The van der Waals surface area contributed by atoms with Gasteiger partial charge in [-0.1, -0.05) is 0 Å². The van der Waals surface area contributed by atoms with Crippen LogP contribution in [0.25, 0.3) is 0 Å². The van der Waals surface area contributed by atoms with E-state index in [0.717, 1.165) is 37.8 Å². The van der Waals surface area contributed by atoms with Gasteiger partial charge in [-0.05, 0) is 37.1 Å².